The first-order valence-corrected chi connectivity index (χ1v) is 6.18. The molecular weight excluding hydrogens is 279 g/mol. The van der Waals surface area contributed by atoms with E-state index in [2.05, 4.69) is 20.3 Å². The number of hydrogen-bond acceptors (Lipinski definition) is 7. The van der Waals surface area contributed by atoms with Gasteiger partial charge in [-0.1, -0.05) is 22.4 Å². The molecule has 0 spiro atoms. The molecule has 0 bridgehead atoms. The van der Waals surface area contributed by atoms with E-state index in [1.54, 1.807) is 19.1 Å². The van der Waals surface area contributed by atoms with Gasteiger partial charge in [-0.2, -0.15) is 9.97 Å². The van der Waals surface area contributed by atoms with Gasteiger partial charge in [0, 0.05) is 6.92 Å². The maximum Gasteiger partial charge on any atom is 0.264 e. The molecule has 0 unspecified atom stereocenters. The highest BCUT2D eigenvalue weighted by atomic mass is 19.1. The molecule has 0 saturated carbocycles. The molecule has 0 radical (unpaired) electrons. The van der Waals surface area contributed by atoms with Crippen LogP contribution in [0.5, 0.6) is 5.75 Å². The fraction of sp³-hybridized carbons (Fsp3) is 0.231. The molecule has 0 N–H and O–H groups in total. The van der Waals surface area contributed by atoms with Gasteiger partial charge < -0.3 is 13.8 Å². The Bertz CT molecular complexity index is 740. The van der Waals surface area contributed by atoms with Crippen LogP contribution < -0.4 is 4.74 Å². The van der Waals surface area contributed by atoms with Gasteiger partial charge in [0.25, 0.3) is 5.89 Å². The smallest absolute Gasteiger partial charge is 0.264 e. The van der Waals surface area contributed by atoms with Crippen LogP contribution in [-0.4, -0.2) is 20.3 Å². The fourth-order valence-electron chi connectivity index (χ4n) is 1.68. The van der Waals surface area contributed by atoms with Gasteiger partial charge in [-0.15, -0.1) is 0 Å². The number of aromatic nitrogens is 4. The molecule has 3 aromatic rings. The zero-order valence-corrected chi connectivity index (χ0v) is 11.1. The number of para-hydroxylation sites is 1. The van der Waals surface area contributed by atoms with E-state index in [0.29, 0.717) is 24.0 Å². The quantitative estimate of drug-likeness (QED) is 0.710. The summed E-state index contributed by atoms with van der Waals surface area (Å²) in [6, 6.07) is 6.10. The van der Waals surface area contributed by atoms with E-state index in [0.717, 1.165) is 0 Å². The molecule has 2 heterocycles. The largest absolute Gasteiger partial charge is 0.481 e. The number of halogens is 1. The lowest BCUT2D eigenvalue weighted by atomic mass is 10.3. The van der Waals surface area contributed by atoms with Gasteiger partial charge in [-0.3, -0.25) is 0 Å². The second-order valence-corrected chi connectivity index (χ2v) is 4.23. The maximum absolute atomic E-state index is 13.4. The Morgan fingerprint density at radius 1 is 1.10 bits per heavy atom. The molecule has 3 rings (SSSR count). The maximum atomic E-state index is 13.4. The Hall–Kier alpha value is -2.77. The third-order valence-corrected chi connectivity index (χ3v) is 2.58. The minimum Gasteiger partial charge on any atom is -0.481 e. The Kier molecular flexibility index (Phi) is 3.59. The van der Waals surface area contributed by atoms with Gasteiger partial charge in [0.05, 0.1) is 6.42 Å². The van der Waals surface area contributed by atoms with Crippen molar-refractivity contribution in [2.45, 2.75) is 20.0 Å². The van der Waals surface area contributed by atoms with Gasteiger partial charge in [0.1, 0.15) is 0 Å². The summed E-state index contributed by atoms with van der Waals surface area (Å²) in [6.45, 7) is 1.68. The standard InChI is InChI=1S/C13H11FN4O3/c1-8-15-11(17-20-8)6-12-16-13(21-18-12)7-19-10-5-3-2-4-9(10)14/h2-5H,6-7H2,1H3. The van der Waals surface area contributed by atoms with Crippen molar-refractivity contribution in [3.05, 3.63) is 53.5 Å². The summed E-state index contributed by atoms with van der Waals surface area (Å²) in [7, 11) is 0. The van der Waals surface area contributed by atoms with E-state index in [-0.39, 0.29) is 18.2 Å². The zero-order chi connectivity index (χ0) is 14.7. The van der Waals surface area contributed by atoms with Gasteiger partial charge in [0.2, 0.25) is 5.89 Å². The molecule has 0 amide bonds. The van der Waals surface area contributed by atoms with Crippen molar-refractivity contribution >= 4 is 0 Å². The van der Waals surface area contributed by atoms with Gasteiger partial charge in [-0.05, 0) is 12.1 Å². The summed E-state index contributed by atoms with van der Waals surface area (Å²) in [5.74, 6) is 1.27. The Morgan fingerprint density at radius 2 is 1.86 bits per heavy atom. The van der Waals surface area contributed by atoms with Crippen LogP contribution in [0.15, 0.2) is 33.3 Å². The highest BCUT2D eigenvalue weighted by Crippen LogP contribution is 2.16. The molecule has 8 heteroatoms. The summed E-state index contributed by atoms with van der Waals surface area (Å²) in [4.78, 5) is 8.15. The third kappa shape index (κ3) is 3.22. The number of aryl methyl sites for hydroxylation is 1. The van der Waals surface area contributed by atoms with Gasteiger partial charge in [-0.25, -0.2) is 4.39 Å². The number of nitrogens with zero attached hydrogens (tertiary/aromatic N) is 4. The number of hydrogen-bond donors (Lipinski definition) is 0. The molecule has 0 atom stereocenters. The number of ether oxygens (including phenoxy) is 1. The molecule has 21 heavy (non-hydrogen) atoms. The zero-order valence-electron chi connectivity index (χ0n) is 11.1. The van der Waals surface area contributed by atoms with Gasteiger partial charge in [0.15, 0.2) is 29.8 Å². The van der Waals surface area contributed by atoms with Crippen LogP contribution in [0.2, 0.25) is 0 Å². The van der Waals surface area contributed by atoms with Crippen LogP contribution in [0.25, 0.3) is 0 Å². The van der Waals surface area contributed by atoms with Crippen molar-refractivity contribution in [3.63, 3.8) is 0 Å². The molecular formula is C13H11FN4O3. The minimum absolute atomic E-state index is 0.0147. The van der Waals surface area contributed by atoms with Crippen molar-refractivity contribution in [1.29, 1.82) is 0 Å². The molecule has 2 aromatic heterocycles. The average molecular weight is 290 g/mol. The van der Waals surface area contributed by atoms with E-state index >= 15 is 0 Å². The second kappa shape index (κ2) is 5.70. The predicted molar refractivity (Wildman–Crippen MR) is 66.9 cm³/mol. The predicted octanol–water partition coefficient (Wildman–Crippen LogP) is 2.07. The van der Waals surface area contributed by atoms with Crippen LogP contribution in [0.1, 0.15) is 23.4 Å². The van der Waals surface area contributed by atoms with Crippen molar-refractivity contribution in [2.24, 2.45) is 0 Å². The Balaban J connectivity index is 1.61. The van der Waals surface area contributed by atoms with Crippen molar-refractivity contribution < 1.29 is 18.2 Å². The number of rotatable bonds is 5. The summed E-state index contributed by atoms with van der Waals surface area (Å²) in [5, 5.41) is 7.51. The van der Waals surface area contributed by atoms with Crippen LogP contribution in [-0.2, 0) is 13.0 Å². The average Bonchev–Trinajstić information content (AvgIpc) is 3.08. The first-order chi connectivity index (χ1) is 10.2. The molecule has 0 aliphatic carbocycles. The van der Waals surface area contributed by atoms with Crippen molar-refractivity contribution in [2.75, 3.05) is 0 Å². The third-order valence-electron chi connectivity index (χ3n) is 2.58. The lowest BCUT2D eigenvalue weighted by Gasteiger charge is -2.02. The summed E-state index contributed by atoms with van der Waals surface area (Å²) >= 11 is 0. The molecule has 7 nitrogen and oxygen atoms in total. The normalized spacial score (nSPS) is 10.8. The van der Waals surface area contributed by atoms with E-state index in [4.69, 9.17) is 13.8 Å². The van der Waals surface area contributed by atoms with Crippen molar-refractivity contribution in [1.82, 2.24) is 20.3 Å². The van der Waals surface area contributed by atoms with E-state index < -0.39 is 5.82 Å². The van der Waals surface area contributed by atoms with Crippen LogP contribution in [0.4, 0.5) is 4.39 Å². The molecule has 0 saturated heterocycles. The Labute approximate surface area is 118 Å². The lowest BCUT2D eigenvalue weighted by molar-refractivity contribution is 0.234. The molecule has 0 fully saturated rings. The van der Waals surface area contributed by atoms with E-state index in [1.807, 2.05) is 0 Å². The first kappa shape index (κ1) is 13.2. The topological polar surface area (TPSA) is 87.1 Å². The molecule has 108 valence electrons. The highest BCUT2D eigenvalue weighted by molar-refractivity contribution is 5.23. The molecule has 0 aliphatic rings. The van der Waals surface area contributed by atoms with Crippen LogP contribution in [0.3, 0.4) is 0 Å². The Morgan fingerprint density at radius 3 is 2.62 bits per heavy atom. The fourth-order valence-corrected chi connectivity index (χ4v) is 1.68. The van der Waals surface area contributed by atoms with Gasteiger partial charge >= 0.3 is 0 Å². The number of benzene rings is 1. The lowest BCUT2D eigenvalue weighted by Crippen LogP contribution is -1.98. The minimum atomic E-state index is -0.445. The molecule has 1 aromatic carbocycles. The van der Waals surface area contributed by atoms with Crippen LogP contribution >= 0.6 is 0 Å². The first-order valence-electron chi connectivity index (χ1n) is 6.18. The van der Waals surface area contributed by atoms with Crippen molar-refractivity contribution in [3.8, 4) is 5.75 Å². The second-order valence-electron chi connectivity index (χ2n) is 4.23. The van der Waals surface area contributed by atoms with E-state index in [9.17, 15) is 4.39 Å². The molecule has 0 aliphatic heterocycles. The monoisotopic (exact) mass is 290 g/mol. The SMILES string of the molecule is Cc1nc(Cc2noc(COc3ccccc3F)n2)no1. The highest BCUT2D eigenvalue weighted by Gasteiger charge is 2.12. The summed E-state index contributed by atoms with van der Waals surface area (Å²) in [5.41, 5.74) is 0. The van der Waals surface area contributed by atoms with E-state index in [1.165, 1.54) is 12.1 Å². The summed E-state index contributed by atoms with van der Waals surface area (Å²) < 4.78 is 28.5. The van der Waals surface area contributed by atoms with Crippen LogP contribution in [0, 0.1) is 12.7 Å². The summed E-state index contributed by atoms with van der Waals surface area (Å²) in [6.07, 6.45) is 0.292.